The SMILES string of the molecule is CC(C)CNS(=O)(=O)c1ccc(C(=O)NC2CNCCC2C)cc1.Cl. The van der Waals surface area contributed by atoms with Crippen molar-refractivity contribution in [2.45, 2.75) is 38.1 Å². The lowest BCUT2D eigenvalue weighted by Gasteiger charge is -2.30. The van der Waals surface area contributed by atoms with E-state index in [-0.39, 0.29) is 35.2 Å². The minimum Gasteiger partial charge on any atom is -0.348 e. The maximum absolute atomic E-state index is 12.3. The highest BCUT2D eigenvalue weighted by atomic mass is 35.5. The normalized spacial score (nSPS) is 20.8. The number of benzene rings is 1. The van der Waals surface area contributed by atoms with Crippen LogP contribution in [0.15, 0.2) is 29.2 Å². The number of carbonyl (C=O) groups excluding carboxylic acids is 1. The summed E-state index contributed by atoms with van der Waals surface area (Å²) in [6.45, 7) is 8.13. The minimum absolute atomic E-state index is 0. The molecule has 0 aromatic heterocycles. The summed E-state index contributed by atoms with van der Waals surface area (Å²) in [6.07, 6.45) is 1.03. The molecule has 0 radical (unpaired) electrons. The zero-order valence-corrected chi connectivity index (χ0v) is 16.5. The second-order valence-corrected chi connectivity index (χ2v) is 8.59. The largest absolute Gasteiger partial charge is 0.348 e. The fourth-order valence-corrected chi connectivity index (χ4v) is 3.79. The lowest BCUT2D eigenvalue weighted by Crippen LogP contribution is -2.50. The highest BCUT2D eigenvalue weighted by Crippen LogP contribution is 2.14. The van der Waals surface area contributed by atoms with E-state index >= 15 is 0 Å². The van der Waals surface area contributed by atoms with Crippen LogP contribution in [0.4, 0.5) is 0 Å². The van der Waals surface area contributed by atoms with Crippen LogP contribution in [0.3, 0.4) is 0 Å². The second-order valence-electron chi connectivity index (χ2n) is 6.82. The van der Waals surface area contributed by atoms with Crippen molar-refractivity contribution >= 4 is 28.3 Å². The Morgan fingerprint density at radius 1 is 1.28 bits per heavy atom. The molecule has 1 aliphatic rings. The molecule has 3 N–H and O–H groups in total. The van der Waals surface area contributed by atoms with E-state index in [1.165, 1.54) is 12.1 Å². The molecule has 8 heteroatoms. The zero-order chi connectivity index (χ0) is 17.7. The third kappa shape index (κ3) is 6.26. The van der Waals surface area contributed by atoms with Gasteiger partial charge in [-0.25, -0.2) is 13.1 Å². The Morgan fingerprint density at radius 2 is 1.92 bits per heavy atom. The van der Waals surface area contributed by atoms with Crippen molar-refractivity contribution in [2.75, 3.05) is 19.6 Å². The van der Waals surface area contributed by atoms with E-state index in [4.69, 9.17) is 0 Å². The van der Waals surface area contributed by atoms with E-state index in [1.807, 2.05) is 13.8 Å². The zero-order valence-electron chi connectivity index (χ0n) is 14.9. The molecule has 2 rings (SSSR count). The van der Waals surface area contributed by atoms with Gasteiger partial charge in [0, 0.05) is 24.7 Å². The molecule has 6 nitrogen and oxygen atoms in total. The van der Waals surface area contributed by atoms with Crippen LogP contribution < -0.4 is 15.4 Å². The lowest BCUT2D eigenvalue weighted by atomic mass is 9.94. The van der Waals surface area contributed by atoms with E-state index in [9.17, 15) is 13.2 Å². The Kier molecular flexibility index (Phi) is 8.34. The van der Waals surface area contributed by atoms with Crippen LogP contribution >= 0.6 is 12.4 Å². The molecule has 1 aliphatic heterocycles. The van der Waals surface area contributed by atoms with Crippen molar-refractivity contribution in [1.82, 2.24) is 15.4 Å². The molecule has 1 aromatic rings. The number of rotatable bonds is 6. The molecule has 0 saturated carbocycles. The number of carbonyl (C=O) groups is 1. The number of sulfonamides is 1. The van der Waals surface area contributed by atoms with Gasteiger partial charge >= 0.3 is 0 Å². The number of piperidine rings is 1. The standard InChI is InChI=1S/C17H27N3O3S.ClH/c1-12(2)10-19-24(22,23)15-6-4-14(5-7-15)17(21)20-16-11-18-9-8-13(16)3;/h4-7,12-13,16,18-19H,8-11H2,1-3H3,(H,20,21);1H. The Hall–Kier alpha value is -1.15. The molecule has 2 atom stereocenters. The van der Waals surface area contributed by atoms with Gasteiger partial charge in [0.05, 0.1) is 4.90 Å². The van der Waals surface area contributed by atoms with E-state index in [0.29, 0.717) is 18.0 Å². The van der Waals surface area contributed by atoms with Gasteiger partial charge in [0.2, 0.25) is 10.0 Å². The van der Waals surface area contributed by atoms with Gasteiger partial charge in [-0.2, -0.15) is 0 Å². The van der Waals surface area contributed by atoms with Gasteiger partial charge in [-0.1, -0.05) is 20.8 Å². The van der Waals surface area contributed by atoms with Crippen molar-refractivity contribution in [3.63, 3.8) is 0 Å². The van der Waals surface area contributed by atoms with Crippen molar-refractivity contribution in [1.29, 1.82) is 0 Å². The fourth-order valence-electron chi connectivity index (χ4n) is 2.58. The maximum atomic E-state index is 12.3. The Bertz CT molecular complexity index is 662. The van der Waals surface area contributed by atoms with Crippen molar-refractivity contribution in [2.24, 2.45) is 11.8 Å². The van der Waals surface area contributed by atoms with Crippen LogP contribution in [0.25, 0.3) is 0 Å². The summed E-state index contributed by atoms with van der Waals surface area (Å²) in [5, 5.41) is 6.29. The Morgan fingerprint density at radius 3 is 2.48 bits per heavy atom. The topological polar surface area (TPSA) is 87.3 Å². The monoisotopic (exact) mass is 389 g/mol. The second kappa shape index (κ2) is 9.52. The minimum atomic E-state index is -3.53. The molecule has 2 unspecified atom stereocenters. The smallest absolute Gasteiger partial charge is 0.251 e. The third-order valence-corrected chi connectivity index (χ3v) is 5.69. The Labute approximate surface area is 156 Å². The number of nitrogens with one attached hydrogen (secondary N) is 3. The molecular formula is C17H28ClN3O3S. The number of hydrogen-bond acceptors (Lipinski definition) is 4. The van der Waals surface area contributed by atoms with E-state index in [2.05, 4.69) is 22.3 Å². The summed E-state index contributed by atoms with van der Waals surface area (Å²) in [4.78, 5) is 12.5. The molecule has 1 aromatic carbocycles. The first kappa shape index (κ1) is 21.9. The average Bonchev–Trinajstić information content (AvgIpc) is 2.55. The quantitative estimate of drug-likeness (QED) is 0.692. The number of amides is 1. The van der Waals surface area contributed by atoms with Crippen LogP contribution in [-0.4, -0.2) is 40.0 Å². The van der Waals surface area contributed by atoms with Crippen LogP contribution in [-0.2, 0) is 10.0 Å². The summed E-state index contributed by atoms with van der Waals surface area (Å²) in [5.41, 5.74) is 0.468. The van der Waals surface area contributed by atoms with Crippen LogP contribution in [0.5, 0.6) is 0 Å². The summed E-state index contributed by atoms with van der Waals surface area (Å²) >= 11 is 0. The van der Waals surface area contributed by atoms with Crippen LogP contribution in [0, 0.1) is 11.8 Å². The molecular weight excluding hydrogens is 362 g/mol. The summed E-state index contributed by atoms with van der Waals surface area (Å²) in [6, 6.07) is 6.16. The maximum Gasteiger partial charge on any atom is 0.251 e. The summed E-state index contributed by atoms with van der Waals surface area (Å²) < 4.78 is 26.9. The van der Waals surface area contributed by atoms with Gasteiger partial charge in [-0.15, -0.1) is 12.4 Å². The van der Waals surface area contributed by atoms with Gasteiger partial charge in [0.1, 0.15) is 0 Å². The number of hydrogen-bond donors (Lipinski definition) is 3. The lowest BCUT2D eigenvalue weighted by molar-refractivity contribution is 0.0915. The van der Waals surface area contributed by atoms with Gasteiger partial charge < -0.3 is 10.6 Å². The first-order valence-electron chi connectivity index (χ1n) is 8.41. The summed E-state index contributed by atoms with van der Waals surface area (Å²) in [5.74, 6) is 0.487. The molecule has 1 heterocycles. The first-order valence-corrected chi connectivity index (χ1v) is 9.89. The first-order chi connectivity index (χ1) is 11.3. The molecule has 0 spiro atoms. The van der Waals surface area contributed by atoms with Crippen molar-refractivity contribution in [3.8, 4) is 0 Å². The predicted octanol–water partition coefficient (Wildman–Crippen LogP) is 1.77. The fraction of sp³-hybridized carbons (Fsp3) is 0.588. The van der Waals surface area contributed by atoms with Gasteiger partial charge in [-0.05, 0) is 49.1 Å². The molecule has 1 saturated heterocycles. The van der Waals surface area contributed by atoms with E-state index in [0.717, 1.165) is 19.5 Å². The average molecular weight is 390 g/mol. The highest BCUT2D eigenvalue weighted by Gasteiger charge is 2.23. The molecule has 1 fully saturated rings. The summed E-state index contributed by atoms with van der Waals surface area (Å²) in [7, 11) is -3.53. The Balaban J connectivity index is 0.00000312. The highest BCUT2D eigenvalue weighted by molar-refractivity contribution is 7.89. The van der Waals surface area contributed by atoms with Crippen LogP contribution in [0.1, 0.15) is 37.6 Å². The number of halogens is 1. The molecule has 142 valence electrons. The predicted molar refractivity (Wildman–Crippen MR) is 102 cm³/mol. The van der Waals surface area contributed by atoms with Gasteiger partial charge in [0.15, 0.2) is 0 Å². The van der Waals surface area contributed by atoms with Crippen molar-refractivity contribution < 1.29 is 13.2 Å². The molecule has 25 heavy (non-hydrogen) atoms. The molecule has 0 aliphatic carbocycles. The van der Waals surface area contributed by atoms with Gasteiger partial charge in [0.25, 0.3) is 5.91 Å². The van der Waals surface area contributed by atoms with Gasteiger partial charge in [-0.3, -0.25) is 4.79 Å². The van der Waals surface area contributed by atoms with E-state index < -0.39 is 10.0 Å². The molecule has 1 amide bonds. The molecule has 0 bridgehead atoms. The third-order valence-electron chi connectivity index (χ3n) is 4.25. The van der Waals surface area contributed by atoms with Crippen LogP contribution in [0.2, 0.25) is 0 Å². The van der Waals surface area contributed by atoms with E-state index in [1.54, 1.807) is 12.1 Å². The van der Waals surface area contributed by atoms with Crippen molar-refractivity contribution in [3.05, 3.63) is 29.8 Å².